The van der Waals surface area contributed by atoms with Gasteiger partial charge < -0.3 is 30.7 Å². The maximum absolute atomic E-state index is 13.3. The molecule has 8 aromatic rings. The smallest absolute Gasteiger partial charge is 0.485 e. The summed E-state index contributed by atoms with van der Waals surface area (Å²) in [6, 6.07) is 20.7. The van der Waals surface area contributed by atoms with Gasteiger partial charge in [-0.2, -0.15) is 13.2 Å². The second kappa shape index (κ2) is 37.6. The molecule has 2 fully saturated rings. The Morgan fingerprint density at radius 1 is 0.551 bits per heavy atom. The number of hydrogen-bond acceptors (Lipinski definition) is 24. The van der Waals surface area contributed by atoms with E-state index >= 15 is 0 Å². The molecule has 7 N–H and O–H groups in total. The molecule has 38 heteroatoms. The number of carbonyl (C=O) groups excluding carboxylic acids is 11. The Balaban J connectivity index is 0.000000181. The van der Waals surface area contributed by atoms with Crippen LogP contribution in [0.2, 0.25) is 10.0 Å². The molecule has 6 aliphatic rings. The lowest BCUT2D eigenvalue weighted by Crippen LogP contribution is -2.54. The average molecular weight is 1700 g/mol. The van der Waals surface area contributed by atoms with E-state index in [1.165, 1.54) is 29.1 Å². The van der Waals surface area contributed by atoms with E-state index in [-0.39, 0.29) is 109 Å². The van der Waals surface area contributed by atoms with Crippen molar-refractivity contribution in [3.8, 4) is 21.5 Å². The van der Waals surface area contributed by atoms with Crippen LogP contribution in [0.15, 0.2) is 94.9 Å². The highest BCUT2D eigenvalue weighted by Crippen LogP contribution is 2.43. The predicted octanol–water partition coefficient (Wildman–Crippen LogP) is 10.4. The van der Waals surface area contributed by atoms with Gasteiger partial charge in [0.05, 0.1) is 46.5 Å². The topological polar surface area (TPSA) is 436 Å². The van der Waals surface area contributed by atoms with Crippen LogP contribution in [0, 0.1) is 41.5 Å². The zero-order chi connectivity index (χ0) is 85.3. The number of alkyl halides is 3. The van der Waals surface area contributed by atoms with Crippen molar-refractivity contribution >= 4 is 134 Å². The van der Waals surface area contributed by atoms with Gasteiger partial charge in [0.25, 0.3) is 23.6 Å². The highest BCUT2D eigenvalue weighted by atomic mass is 35.5. The lowest BCUT2D eigenvalue weighted by atomic mass is 9.99. The summed E-state index contributed by atoms with van der Waals surface area (Å²) in [4.78, 5) is 172. The minimum atomic E-state index is -5.08. The van der Waals surface area contributed by atoms with Crippen LogP contribution in [-0.4, -0.2) is 182 Å². The number of nitrogens with zero attached hydrogens (tertiary/aromatic N) is 10. The highest BCUT2D eigenvalue weighted by Gasteiger charge is 2.48. The SMILES string of the molecule is Cc1sc2c(c1C)C(c1ccc(Cl)cc1)=N[C@H](CC(=O)NCCCCCC(=O)COc1cccc3c1C(=O)N(C1CCC(=O)NC1=O)C3=O)c1nnc(C)n1-2.Cc1sc2c(c1C)C(c1ccc(Cl)cc1)=N[C@H](CC(=O)O)c1nnc(C)n1-2.NCCCCCC(=O)COc1cccc2c1C(=O)N(C1CCC(=O)NC1=O)C2=O.O=C(O)C(F)(F)F. The fourth-order valence-corrected chi connectivity index (χ4v) is 16.5. The molecule has 118 heavy (non-hydrogen) atoms. The van der Waals surface area contributed by atoms with Crippen LogP contribution in [0.25, 0.3) is 10.0 Å². The number of aliphatic carboxylic acids is 2. The number of nitrogens with one attached hydrogen (secondary N) is 3. The summed E-state index contributed by atoms with van der Waals surface area (Å²) in [5, 5.41) is 44.3. The molecule has 2 saturated heterocycles. The van der Waals surface area contributed by atoms with E-state index in [4.69, 9.17) is 58.3 Å². The second-order valence-corrected chi connectivity index (χ2v) is 31.4. The monoisotopic (exact) mass is 1700 g/mol. The number of carboxylic acids is 2. The number of ketones is 2. The number of imide groups is 4. The number of thiophene rings is 2. The van der Waals surface area contributed by atoms with E-state index in [9.17, 15) is 75.8 Å². The molecule has 0 spiro atoms. The summed E-state index contributed by atoms with van der Waals surface area (Å²) in [6.07, 6.45) is -0.105. The number of aliphatic imine (C=N–C) groups is 2. The molecule has 0 aliphatic carbocycles. The third-order valence-corrected chi connectivity index (χ3v) is 22.8. The van der Waals surface area contributed by atoms with Crippen LogP contribution in [0.5, 0.6) is 11.5 Å². The number of hydrogen-bond donors (Lipinski definition) is 6. The van der Waals surface area contributed by atoms with Crippen LogP contribution in [0.3, 0.4) is 0 Å². The first-order valence-electron chi connectivity index (χ1n) is 37.4. The molecule has 9 amide bonds. The quantitative estimate of drug-likeness (QED) is 0.0229. The predicted molar refractivity (Wildman–Crippen MR) is 423 cm³/mol. The minimum absolute atomic E-state index is 0.00633. The van der Waals surface area contributed by atoms with Crippen molar-refractivity contribution in [2.24, 2.45) is 15.7 Å². The standard InChI is InChI=1S/C39H38ClN7O7S.C20H23N3O6.C19H17ClN4O2S.C2HF3O2/c1-20-21(2)55-39-32(20)34(23-11-13-24(40)14-12-23)42-27(35-45-44-22(3)46(35)39)18-31(50)41-17-6-4-5-8-25(48)19-54-29-10-7-9-26-33(29)38(53)47(37(26)52)28-15-16-30(49)43-36(28)51;21-10-3-1-2-5-12(24)11-29-15-7-4-6-13-17(15)20(28)23(19(13)27)14-8-9-16(25)22-18(14)26;1-9-10(2)27-19-16(9)17(12-4-6-13(20)7-5-12)21-14(8-15(25)26)18-23-22-11(3)24(18)19;3-2(4,5)1(6)7/h7,9-14,27-28H,4-6,8,15-19H2,1-3H3,(H,41,50)(H,43,49,51);4,6-7,14H,1-3,5,8-11,21H2,(H,22,25,26);4-7,14H,8H2,1-3H3,(H,25,26);(H,6,7)/t27-,28?;;14-;/m1.1./s1. The first-order valence-corrected chi connectivity index (χ1v) is 39.8. The van der Waals surface area contributed by atoms with Gasteiger partial charge in [-0.1, -0.05) is 72.4 Å². The van der Waals surface area contributed by atoms with Gasteiger partial charge in [-0.3, -0.25) is 97.1 Å². The molecule has 4 aromatic heterocycles. The van der Waals surface area contributed by atoms with Crippen LogP contribution in [-0.2, 0) is 43.2 Å². The lowest BCUT2D eigenvalue weighted by Gasteiger charge is -2.27. The van der Waals surface area contributed by atoms with Crippen molar-refractivity contribution in [3.63, 3.8) is 0 Å². The van der Waals surface area contributed by atoms with Crippen molar-refractivity contribution in [2.45, 2.75) is 162 Å². The van der Waals surface area contributed by atoms with E-state index in [2.05, 4.69) is 64.0 Å². The molecule has 618 valence electrons. The largest absolute Gasteiger partial charge is 0.490 e. The number of piperidine rings is 2. The Bertz CT molecular complexity index is 5420. The van der Waals surface area contributed by atoms with Crippen molar-refractivity contribution in [2.75, 3.05) is 26.3 Å². The number of carboxylic acid groups (broad SMARTS) is 2. The Morgan fingerprint density at radius 3 is 1.35 bits per heavy atom. The third-order valence-electron chi connectivity index (χ3n) is 20.0. The molecule has 0 saturated carbocycles. The number of rotatable bonds is 25. The van der Waals surface area contributed by atoms with E-state index in [1.54, 1.807) is 34.8 Å². The average Bonchev–Trinajstić information content (AvgIpc) is 1.59. The summed E-state index contributed by atoms with van der Waals surface area (Å²) in [7, 11) is 0. The number of aromatic nitrogens is 6. The Morgan fingerprint density at radius 2 is 0.958 bits per heavy atom. The van der Waals surface area contributed by atoms with Gasteiger partial charge in [0.1, 0.15) is 70.5 Å². The summed E-state index contributed by atoms with van der Waals surface area (Å²) >= 11 is 15.6. The van der Waals surface area contributed by atoms with Gasteiger partial charge in [0.2, 0.25) is 29.5 Å². The van der Waals surface area contributed by atoms with Gasteiger partial charge in [0, 0.05) is 74.3 Å². The number of unbranched alkanes of at least 4 members (excludes halogenated alkanes) is 4. The maximum Gasteiger partial charge on any atom is 0.490 e. The number of Topliss-reactive ketones (excluding diaryl/α,β-unsaturated/α-hetero) is 2. The van der Waals surface area contributed by atoms with Gasteiger partial charge in [0.15, 0.2) is 23.2 Å². The number of benzene rings is 4. The van der Waals surface area contributed by atoms with Crippen LogP contribution < -0.4 is 31.2 Å². The second-order valence-electron chi connectivity index (χ2n) is 28.1. The first kappa shape index (κ1) is 87.0. The van der Waals surface area contributed by atoms with Gasteiger partial charge >= 0.3 is 18.1 Å². The van der Waals surface area contributed by atoms with Crippen molar-refractivity contribution in [1.29, 1.82) is 0 Å². The number of ether oxygens (including phenoxy) is 2. The maximum atomic E-state index is 13.3. The Labute approximate surface area is 689 Å². The zero-order valence-electron chi connectivity index (χ0n) is 64.4. The fraction of sp³-hybridized carbons (Fsp3) is 0.362. The molecule has 10 heterocycles. The van der Waals surface area contributed by atoms with Gasteiger partial charge in [-0.05, 0) is 146 Å². The number of amides is 9. The summed E-state index contributed by atoms with van der Waals surface area (Å²) in [5.41, 5.74) is 13.2. The number of fused-ring (bicyclic) bond motifs is 8. The van der Waals surface area contributed by atoms with E-state index < -0.39 is 89.5 Å². The van der Waals surface area contributed by atoms with Crippen LogP contribution in [0.4, 0.5) is 13.2 Å². The molecular weight excluding hydrogens is 1620 g/mol. The Kier molecular flexibility index (Phi) is 27.7. The minimum Gasteiger partial charge on any atom is -0.485 e. The number of halogens is 5. The number of aryl methyl sites for hydroxylation is 4. The molecule has 31 nitrogen and oxygen atoms in total. The lowest BCUT2D eigenvalue weighted by molar-refractivity contribution is -0.192. The van der Waals surface area contributed by atoms with E-state index in [0.29, 0.717) is 72.7 Å². The number of carbonyl (C=O) groups is 13. The van der Waals surface area contributed by atoms with E-state index in [1.807, 2.05) is 71.5 Å². The molecule has 4 atom stereocenters. The normalized spacial score (nSPS) is 17.1. The molecule has 14 rings (SSSR count). The molecule has 6 aliphatic heterocycles. The van der Waals surface area contributed by atoms with Crippen LogP contribution in [0.1, 0.15) is 210 Å². The van der Waals surface area contributed by atoms with Crippen molar-refractivity contribution < 1.29 is 95.2 Å². The van der Waals surface area contributed by atoms with Crippen molar-refractivity contribution in [3.05, 3.63) is 184 Å². The molecular formula is C80H79Cl2F3N14O17S2. The Hall–Kier alpha value is -11.9. The summed E-state index contributed by atoms with van der Waals surface area (Å²) in [6.45, 7) is 12.5. The zero-order valence-corrected chi connectivity index (χ0v) is 67.5. The van der Waals surface area contributed by atoms with Gasteiger partial charge in [-0.25, -0.2) is 4.79 Å². The highest BCUT2D eigenvalue weighted by molar-refractivity contribution is 7.15. The first-order chi connectivity index (χ1) is 56.2. The van der Waals surface area contributed by atoms with E-state index in [0.717, 1.165) is 88.1 Å². The molecule has 0 bridgehead atoms. The van der Waals surface area contributed by atoms with Crippen LogP contribution >= 0.6 is 45.9 Å². The fourth-order valence-electron chi connectivity index (χ4n) is 13.8. The van der Waals surface area contributed by atoms with Crippen molar-refractivity contribution in [1.82, 2.24) is 55.3 Å². The molecule has 2 unspecified atom stereocenters. The molecule has 0 radical (unpaired) electrons. The third kappa shape index (κ3) is 19.4. The summed E-state index contributed by atoms with van der Waals surface area (Å²) < 4.78 is 46.9. The van der Waals surface area contributed by atoms with Gasteiger partial charge in [-0.15, -0.1) is 43.1 Å². The number of nitrogens with two attached hydrogens (primary N) is 1. The molecule has 4 aromatic carbocycles. The summed E-state index contributed by atoms with van der Waals surface area (Å²) in [5.74, 6) is -6.27.